The second kappa shape index (κ2) is 7.28. The number of cyclic esters (lactones) is 1. The quantitative estimate of drug-likeness (QED) is 0.381. The largest absolute Gasteiger partial charge is 0.458 e. The Kier molecular flexibility index (Phi) is 4.68. The van der Waals surface area contributed by atoms with Gasteiger partial charge >= 0.3 is 5.97 Å². The Morgan fingerprint density at radius 1 is 1.26 bits per heavy atom. The van der Waals surface area contributed by atoms with Gasteiger partial charge in [0.05, 0.1) is 29.0 Å². The van der Waals surface area contributed by atoms with Crippen molar-refractivity contribution in [3.8, 4) is 11.4 Å². The van der Waals surface area contributed by atoms with Crippen LogP contribution in [0.15, 0.2) is 35.1 Å². The molecule has 0 saturated carbocycles. The molecule has 0 fully saturated rings. The van der Waals surface area contributed by atoms with Gasteiger partial charge in [-0.3, -0.25) is 4.79 Å². The first-order valence-corrected chi connectivity index (χ1v) is 10.7. The molecule has 7 heteroatoms. The SMILES string of the molecule is CC[C@@]1(O)C(=O)OCc2c1cc1n(c2=O)Cc2c-1nc1ccccc1c2CCCNC. The summed E-state index contributed by atoms with van der Waals surface area (Å²) in [5.74, 6) is -0.704. The Hall–Kier alpha value is -3.03. The molecule has 2 aromatic heterocycles. The first-order chi connectivity index (χ1) is 15.0. The average molecular weight is 419 g/mol. The van der Waals surface area contributed by atoms with E-state index in [0.717, 1.165) is 41.5 Å². The number of carbonyl (C=O) groups excluding carboxylic acids is 1. The van der Waals surface area contributed by atoms with Crippen LogP contribution in [0.5, 0.6) is 0 Å². The van der Waals surface area contributed by atoms with Crippen LogP contribution in [0.3, 0.4) is 0 Å². The number of hydrogen-bond donors (Lipinski definition) is 2. The van der Waals surface area contributed by atoms with Crippen molar-refractivity contribution in [1.82, 2.24) is 14.9 Å². The fraction of sp³-hybridized carbons (Fsp3) is 0.375. The topological polar surface area (TPSA) is 93.5 Å². The summed E-state index contributed by atoms with van der Waals surface area (Å²) < 4.78 is 6.86. The number of aliphatic hydroxyl groups is 1. The molecule has 7 nitrogen and oxygen atoms in total. The highest BCUT2D eigenvalue weighted by atomic mass is 16.6. The number of carbonyl (C=O) groups is 1. The van der Waals surface area contributed by atoms with Gasteiger partial charge in [0.1, 0.15) is 6.61 Å². The van der Waals surface area contributed by atoms with Crippen LogP contribution < -0.4 is 10.9 Å². The van der Waals surface area contributed by atoms with E-state index in [2.05, 4.69) is 11.4 Å². The van der Waals surface area contributed by atoms with Crippen LogP contribution in [0.4, 0.5) is 0 Å². The van der Waals surface area contributed by atoms with Crippen LogP contribution in [-0.4, -0.2) is 34.2 Å². The molecular formula is C24H25N3O4. The van der Waals surface area contributed by atoms with E-state index in [0.29, 0.717) is 23.4 Å². The van der Waals surface area contributed by atoms with Gasteiger partial charge in [0, 0.05) is 16.5 Å². The lowest BCUT2D eigenvalue weighted by molar-refractivity contribution is -0.172. The Labute approximate surface area is 179 Å². The average Bonchev–Trinajstić information content (AvgIpc) is 3.15. The van der Waals surface area contributed by atoms with Crippen molar-refractivity contribution in [1.29, 1.82) is 0 Å². The Morgan fingerprint density at radius 2 is 2.06 bits per heavy atom. The van der Waals surface area contributed by atoms with Crippen molar-refractivity contribution in [3.05, 3.63) is 62.9 Å². The van der Waals surface area contributed by atoms with E-state index in [-0.39, 0.29) is 18.6 Å². The molecule has 0 saturated heterocycles. The molecular weight excluding hydrogens is 394 g/mol. The zero-order valence-corrected chi connectivity index (χ0v) is 17.7. The zero-order valence-electron chi connectivity index (χ0n) is 17.7. The Balaban J connectivity index is 1.76. The summed E-state index contributed by atoms with van der Waals surface area (Å²) in [5.41, 5.74) is 3.20. The fourth-order valence-electron chi connectivity index (χ4n) is 4.84. The van der Waals surface area contributed by atoms with Gasteiger partial charge in [-0.15, -0.1) is 0 Å². The number of aryl methyl sites for hydroxylation is 1. The van der Waals surface area contributed by atoms with Gasteiger partial charge in [-0.25, -0.2) is 9.78 Å². The number of hydrogen-bond acceptors (Lipinski definition) is 6. The number of ether oxygens (including phenoxy) is 1. The summed E-state index contributed by atoms with van der Waals surface area (Å²) in [6.07, 6.45) is 1.97. The number of nitrogens with one attached hydrogen (secondary N) is 1. The number of rotatable bonds is 5. The highest BCUT2D eigenvalue weighted by Crippen LogP contribution is 2.40. The Bertz CT molecular complexity index is 1280. The van der Waals surface area contributed by atoms with Crippen molar-refractivity contribution in [2.24, 2.45) is 0 Å². The third-order valence-electron chi connectivity index (χ3n) is 6.57. The molecule has 1 atom stereocenters. The predicted octanol–water partition coefficient (Wildman–Crippen LogP) is 2.23. The molecule has 4 heterocycles. The van der Waals surface area contributed by atoms with E-state index in [1.807, 2.05) is 25.2 Å². The van der Waals surface area contributed by atoms with Crippen molar-refractivity contribution >= 4 is 16.9 Å². The van der Waals surface area contributed by atoms with Gasteiger partial charge in [-0.1, -0.05) is 25.1 Å². The summed E-state index contributed by atoms with van der Waals surface area (Å²) in [6, 6.07) is 9.80. The highest BCUT2D eigenvalue weighted by Gasteiger charge is 2.45. The second-order valence-corrected chi connectivity index (χ2v) is 8.24. The lowest BCUT2D eigenvalue weighted by atomic mass is 9.86. The van der Waals surface area contributed by atoms with Gasteiger partial charge in [0.25, 0.3) is 5.56 Å². The summed E-state index contributed by atoms with van der Waals surface area (Å²) >= 11 is 0. The molecule has 0 aliphatic carbocycles. The molecule has 0 radical (unpaired) electrons. The van der Waals surface area contributed by atoms with Crippen LogP contribution in [0.25, 0.3) is 22.3 Å². The molecule has 3 aromatic rings. The first kappa shape index (κ1) is 19.9. The van der Waals surface area contributed by atoms with Crippen molar-refractivity contribution in [2.75, 3.05) is 13.6 Å². The third kappa shape index (κ3) is 2.84. The second-order valence-electron chi connectivity index (χ2n) is 8.24. The number of para-hydroxylation sites is 1. The number of benzene rings is 1. The fourth-order valence-corrected chi connectivity index (χ4v) is 4.84. The summed E-state index contributed by atoms with van der Waals surface area (Å²) in [4.78, 5) is 30.6. The van der Waals surface area contributed by atoms with Crippen LogP contribution in [-0.2, 0) is 34.7 Å². The molecule has 0 unspecified atom stereocenters. The maximum Gasteiger partial charge on any atom is 0.343 e. The number of nitrogens with zero attached hydrogens (tertiary/aromatic N) is 2. The molecule has 31 heavy (non-hydrogen) atoms. The molecule has 0 amide bonds. The molecule has 0 bridgehead atoms. The maximum atomic E-state index is 13.4. The molecule has 5 rings (SSSR count). The first-order valence-electron chi connectivity index (χ1n) is 10.7. The van der Waals surface area contributed by atoms with Crippen LogP contribution in [0.2, 0.25) is 0 Å². The normalized spacial score (nSPS) is 19.1. The summed E-state index contributed by atoms with van der Waals surface area (Å²) in [7, 11) is 1.94. The minimum absolute atomic E-state index is 0.115. The number of aromatic nitrogens is 2. The van der Waals surface area contributed by atoms with E-state index < -0.39 is 11.6 Å². The number of fused-ring (bicyclic) bond motifs is 5. The molecule has 2 aliphatic heterocycles. The van der Waals surface area contributed by atoms with Gasteiger partial charge in [0.2, 0.25) is 0 Å². The molecule has 0 spiro atoms. The van der Waals surface area contributed by atoms with Gasteiger partial charge in [-0.2, -0.15) is 0 Å². The van der Waals surface area contributed by atoms with Gasteiger partial charge in [0.15, 0.2) is 5.60 Å². The maximum absolute atomic E-state index is 13.4. The predicted molar refractivity (Wildman–Crippen MR) is 117 cm³/mol. The van der Waals surface area contributed by atoms with Crippen molar-refractivity contribution in [3.63, 3.8) is 0 Å². The summed E-state index contributed by atoms with van der Waals surface area (Å²) in [6.45, 7) is 2.93. The number of esters is 1. The molecule has 2 N–H and O–H groups in total. The van der Waals surface area contributed by atoms with Crippen LogP contribution in [0.1, 0.15) is 42.0 Å². The van der Waals surface area contributed by atoms with E-state index in [4.69, 9.17) is 9.72 Å². The van der Waals surface area contributed by atoms with Crippen molar-refractivity contribution < 1.29 is 14.6 Å². The van der Waals surface area contributed by atoms with Gasteiger partial charge in [-0.05, 0) is 50.6 Å². The highest BCUT2D eigenvalue weighted by molar-refractivity contribution is 5.89. The third-order valence-corrected chi connectivity index (χ3v) is 6.57. The van der Waals surface area contributed by atoms with Crippen LogP contribution >= 0.6 is 0 Å². The minimum atomic E-state index is -1.81. The van der Waals surface area contributed by atoms with Crippen LogP contribution in [0, 0.1) is 0 Å². The number of pyridine rings is 2. The summed E-state index contributed by atoms with van der Waals surface area (Å²) in [5, 5.41) is 15.3. The zero-order chi connectivity index (χ0) is 21.8. The van der Waals surface area contributed by atoms with Crippen molar-refractivity contribution in [2.45, 2.75) is 44.9 Å². The standard InChI is InChI=1S/C24H25N3O4/c1-3-24(30)18-11-20-21-16(12-27(20)22(28)17(18)13-31-23(24)29)14(8-6-10-25-2)15-7-4-5-9-19(15)26-21/h4-5,7,9,11,25,30H,3,6,8,10,12-13H2,1-2H3/t24-/m0/s1. The lowest BCUT2D eigenvalue weighted by Crippen LogP contribution is -2.44. The monoisotopic (exact) mass is 419 g/mol. The molecule has 2 aliphatic rings. The Morgan fingerprint density at radius 3 is 2.84 bits per heavy atom. The van der Waals surface area contributed by atoms with E-state index in [9.17, 15) is 14.7 Å². The van der Waals surface area contributed by atoms with E-state index >= 15 is 0 Å². The van der Waals surface area contributed by atoms with E-state index in [1.54, 1.807) is 17.6 Å². The van der Waals surface area contributed by atoms with Gasteiger partial charge < -0.3 is 19.7 Å². The molecule has 1 aromatic carbocycles. The lowest BCUT2D eigenvalue weighted by Gasteiger charge is -2.31. The smallest absolute Gasteiger partial charge is 0.343 e. The molecule has 160 valence electrons. The minimum Gasteiger partial charge on any atom is -0.458 e. The van der Waals surface area contributed by atoms with E-state index in [1.165, 1.54) is 5.56 Å².